The van der Waals surface area contributed by atoms with Gasteiger partial charge in [-0.05, 0) is 44.1 Å². The lowest BCUT2D eigenvalue weighted by molar-refractivity contribution is -0.182. The van der Waals surface area contributed by atoms with Gasteiger partial charge < -0.3 is 29.3 Å². The lowest BCUT2D eigenvalue weighted by Gasteiger charge is -2.46. The monoisotopic (exact) mass is 580 g/mol. The molecule has 1 amide bonds. The minimum Gasteiger partial charge on any atom is -0.431 e. The first kappa shape index (κ1) is 29.6. The number of rotatable bonds is 10. The van der Waals surface area contributed by atoms with E-state index in [-0.39, 0.29) is 42.2 Å². The molecule has 1 aromatic heterocycles. The molecule has 1 saturated carbocycles. The molecule has 1 aliphatic carbocycles. The molecule has 3 aliphatic rings. The number of thiazole rings is 1. The number of nitrogens with zero attached hydrogens (tertiary/aromatic N) is 2. The molecule has 12 heteroatoms. The fraction of sp³-hybridized carbons (Fsp3) is 0.630. The van der Waals surface area contributed by atoms with Crippen molar-refractivity contribution in [1.29, 1.82) is 0 Å². The number of aromatic nitrogens is 1. The highest BCUT2D eigenvalue weighted by molar-refractivity contribution is 8.06. The molecule has 1 unspecified atom stereocenters. The first-order chi connectivity index (χ1) is 18.6. The summed E-state index contributed by atoms with van der Waals surface area (Å²) >= 11 is 2.64. The molecule has 0 bridgehead atoms. The summed E-state index contributed by atoms with van der Waals surface area (Å²) in [4.78, 5) is 45.9. The molecule has 4 rings (SSSR count). The van der Waals surface area contributed by atoms with Crippen molar-refractivity contribution in [3.8, 4) is 0 Å². The van der Waals surface area contributed by atoms with Crippen LogP contribution in [-0.4, -0.2) is 62.7 Å². The lowest BCUT2D eigenvalue weighted by Crippen LogP contribution is -2.63. The molecule has 0 spiro atoms. The van der Waals surface area contributed by atoms with Crippen molar-refractivity contribution in [2.75, 3.05) is 0 Å². The molecule has 3 heterocycles. The number of fused-ring (bicyclic) bond motifs is 1. The molecule has 2 aliphatic heterocycles. The Hall–Kier alpha value is -2.41. The second-order valence-corrected chi connectivity index (χ2v) is 12.3. The molecule has 214 valence electrons. The maximum atomic E-state index is 13.5. The van der Waals surface area contributed by atoms with Gasteiger partial charge in [0.25, 0.3) is 6.29 Å². The van der Waals surface area contributed by atoms with E-state index in [0.717, 1.165) is 37.0 Å². The predicted molar refractivity (Wildman–Crippen MR) is 146 cm³/mol. The van der Waals surface area contributed by atoms with Gasteiger partial charge in [0, 0.05) is 16.7 Å². The average Bonchev–Trinajstić information content (AvgIpc) is 3.44. The van der Waals surface area contributed by atoms with Crippen molar-refractivity contribution in [2.45, 2.75) is 90.9 Å². The van der Waals surface area contributed by atoms with E-state index in [0.29, 0.717) is 10.6 Å². The number of esters is 1. The van der Waals surface area contributed by atoms with Crippen molar-refractivity contribution in [2.24, 2.45) is 17.8 Å². The van der Waals surface area contributed by atoms with Crippen molar-refractivity contribution >= 4 is 47.2 Å². The third-order valence-electron chi connectivity index (χ3n) is 7.33. The standard InChI is InChI=1S/C27H36N2O8S2/c1-14(2)26(37-27(34)35-17-8-6-5-7-9-17)36-25(33)22-23(38-11-10-19-18(12-30)28-13-39-19)15(3)21-20(16(4)31)24(32)29(21)22/h10-11,13-17,20-21,26,30-31H,5-9,12H2,1-4H3/b11-10-/t15-,16-,20-,21-,26?/m1/s1. The van der Waals surface area contributed by atoms with Gasteiger partial charge in [-0.2, -0.15) is 0 Å². The maximum Gasteiger partial charge on any atom is 0.511 e. The van der Waals surface area contributed by atoms with E-state index < -0.39 is 30.4 Å². The zero-order valence-corrected chi connectivity index (χ0v) is 24.2. The van der Waals surface area contributed by atoms with Crippen LogP contribution in [-0.2, 0) is 30.4 Å². The van der Waals surface area contributed by atoms with Crippen LogP contribution in [0.1, 0.15) is 70.4 Å². The molecule has 2 fully saturated rings. The van der Waals surface area contributed by atoms with E-state index in [1.807, 2.05) is 6.92 Å². The summed E-state index contributed by atoms with van der Waals surface area (Å²) in [6, 6.07) is -0.387. The van der Waals surface area contributed by atoms with Crippen LogP contribution in [0.2, 0.25) is 0 Å². The molecule has 10 nitrogen and oxygen atoms in total. The SMILES string of the molecule is CC(C)C(OC(=O)OC1CCCCC1)OC(=O)C1=C(S/C=C\c2scnc2CO)[C@H](C)[C@@H]2[C@@H]([C@@H](C)O)C(=O)N12. The molecule has 2 N–H and O–H groups in total. The van der Waals surface area contributed by atoms with E-state index in [1.54, 1.807) is 37.8 Å². The van der Waals surface area contributed by atoms with Crippen LogP contribution in [0.3, 0.4) is 0 Å². The lowest BCUT2D eigenvalue weighted by atomic mass is 9.79. The second kappa shape index (κ2) is 12.8. The van der Waals surface area contributed by atoms with Crippen LogP contribution in [0.25, 0.3) is 6.08 Å². The molecule has 1 saturated heterocycles. The Kier molecular flexibility index (Phi) is 9.73. The summed E-state index contributed by atoms with van der Waals surface area (Å²) in [6.07, 6.45) is 3.30. The predicted octanol–water partition coefficient (Wildman–Crippen LogP) is 4.42. The van der Waals surface area contributed by atoms with E-state index in [2.05, 4.69) is 4.98 Å². The van der Waals surface area contributed by atoms with Gasteiger partial charge in [-0.1, -0.05) is 39.0 Å². The van der Waals surface area contributed by atoms with Gasteiger partial charge in [0.1, 0.15) is 11.8 Å². The normalized spacial score (nSPS) is 25.1. The number of hydrogen-bond donors (Lipinski definition) is 2. The van der Waals surface area contributed by atoms with Crippen molar-refractivity contribution < 1.29 is 38.8 Å². The number of aliphatic hydroxyl groups is 2. The van der Waals surface area contributed by atoms with Gasteiger partial charge in [-0.15, -0.1) is 11.3 Å². The van der Waals surface area contributed by atoms with Gasteiger partial charge in [0.15, 0.2) is 0 Å². The second-order valence-electron chi connectivity index (χ2n) is 10.5. The van der Waals surface area contributed by atoms with E-state index >= 15 is 0 Å². The average molecular weight is 581 g/mol. The zero-order valence-electron chi connectivity index (χ0n) is 22.6. The summed E-state index contributed by atoms with van der Waals surface area (Å²) in [5, 5.41) is 21.5. The van der Waals surface area contributed by atoms with Crippen molar-refractivity contribution in [3.05, 3.63) is 32.1 Å². The quantitative estimate of drug-likeness (QED) is 0.233. The third kappa shape index (κ3) is 6.34. The molecule has 39 heavy (non-hydrogen) atoms. The highest BCUT2D eigenvalue weighted by atomic mass is 32.2. The highest BCUT2D eigenvalue weighted by Gasteiger charge is 2.60. The van der Waals surface area contributed by atoms with Crippen LogP contribution >= 0.6 is 23.1 Å². The van der Waals surface area contributed by atoms with Crippen molar-refractivity contribution in [3.63, 3.8) is 0 Å². The maximum absolute atomic E-state index is 13.5. The number of aliphatic hydroxyl groups excluding tert-OH is 2. The van der Waals surface area contributed by atoms with Gasteiger partial charge in [-0.3, -0.25) is 4.79 Å². The summed E-state index contributed by atoms with van der Waals surface area (Å²) in [7, 11) is 0. The molecule has 0 aromatic carbocycles. The number of thioether (sulfide) groups is 1. The van der Waals surface area contributed by atoms with E-state index in [1.165, 1.54) is 28.0 Å². The minimum atomic E-state index is -1.20. The molecule has 5 atom stereocenters. The molecule has 0 radical (unpaired) electrons. The van der Waals surface area contributed by atoms with Gasteiger partial charge in [-0.25, -0.2) is 14.6 Å². The smallest absolute Gasteiger partial charge is 0.431 e. The van der Waals surface area contributed by atoms with Crippen LogP contribution in [0, 0.1) is 17.8 Å². The number of amides is 1. The molecule has 1 aromatic rings. The first-order valence-electron chi connectivity index (χ1n) is 13.3. The number of carbonyl (C=O) groups excluding carboxylic acids is 3. The largest absolute Gasteiger partial charge is 0.511 e. The Morgan fingerprint density at radius 2 is 1.95 bits per heavy atom. The summed E-state index contributed by atoms with van der Waals surface area (Å²) in [6.45, 7) is 6.79. The topological polar surface area (TPSA) is 135 Å². The summed E-state index contributed by atoms with van der Waals surface area (Å²) in [5.41, 5.74) is 2.28. The number of carbonyl (C=O) groups is 3. The van der Waals surface area contributed by atoms with Gasteiger partial charge in [0.2, 0.25) is 5.91 Å². The highest BCUT2D eigenvalue weighted by Crippen LogP contribution is 2.51. The van der Waals surface area contributed by atoms with Crippen LogP contribution in [0.5, 0.6) is 0 Å². The summed E-state index contributed by atoms with van der Waals surface area (Å²) in [5.74, 6) is -2.37. The zero-order chi connectivity index (χ0) is 28.3. The third-order valence-corrected chi connectivity index (χ3v) is 9.26. The van der Waals surface area contributed by atoms with Crippen LogP contribution < -0.4 is 0 Å². The van der Waals surface area contributed by atoms with Crippen LogP contribution in [0.4, 0.5) is 4.79 Å². The fourth-order valence-corrected chi connectivity index (χ4v) is 7.05. The minimum absolute atomic E-state index is 0.0886. The van der Waals surface area contributed by atoms with Gasteiger partial charge in [0.05, 0.1) is 40.8 Å². The Morgan fingerprint density at radius 1 is 1.23 bits per heavy atom. The Morgan fingerprint density at radius 3 is 2.59 bits per heavy atom. The Labute approximate surface area is 236 Å². The van der Waals surface area contributed by atoms with E-state index in [4.69, 9.17) is 14.2 Å². The number of hydrogen-bond acceptors (Lipinski definition) is 11. The van der Waals surface area contributed by atoms with Gasteiger partial charge >= 0.3 is 12.1 Å². The Bertz CT molecular complexity index is 1120. The van der Waals surface area contributed by atoms with Crippen molar-refractivity contribution in [1.82, 2.24) is 9.88 Å². The Balaban J connectivity index is 1.53. The molecular weight excluding hydrogens is 544 g/mol. The summed E-state index contributed by atoms with van der Waals surface area (Å²) < 4.78 is 16.5. The number of β-lactam (4-membered cyclic amide) rings is 1. The van der Waals surface area contributed by atoms with Crippen LogP contribution in [0.15, 0.2) is 21.5 Å². The first-order valence-corrected chi connectivity index (χ1v) is 15.1. The molecular formula is C27H36N2O8S2. The van der Waals surface area contributed by atoms with E-state index in [9.17, 15) is 24.6 Å². The fourth-order valence-electron chi connectivity index (χ4n) is 5.27. The number of ether oxygens (including phenoxy) is 3.